The Hall–Kier alpha value is -0.380. The molecular weight excluding hydrogens is 188 g/mol. The summed E-state index contributed by atoms with van der Waals surface area (Å²) in [4.78, 5) is 2.34. The van der Waals surface area contributed by atoms with Crippen LogP contribution in [0.15, 0.2) is 12.7 Å². The average Bonchev–Trinajstić information content (AvgIpc) is 2.30. The van der Waals surface area contributed by atoms with Crippen LogP contribution in [0, 0.1) is 0 Å². The number of unbranched alkanes of at least 4 members (excludes halogenated alkanes) is 2. The van der Waals surface area contributed by atoms with Crippen LogP contribution in [0.25, 0.3) is 0 Å². The fourth-order valence-corrected chi connectivity index (χ4v) is 1.82. The van der Waals surface area contributed by atoms with Crippen LogP contribution >= 0.6 is 0 Å². The minimum Gasteiger partial charge on any atom is -0.359 e. The van der Waals surface area contributed by atoms with E-state index in [2.05, 4.69) is 23.7 Å². The Morgan fingerprint density at radius 1 is 1.40 bits per heavy atom. The predicted octanol–water partition coefficient (Wildman–Crippen LogP) is 1.61. The van der Waals surface area contributed by atoms with E-state index in [9.17, 15) is 0 Å². The summed E-state index contributed by atoms with van der Waals surface area (Å²) in [5.74, 6) is 0. The SMILES string of the molecule is C=CC(OCCCCC)N1CCNCC1. The van der Waals surface area contributed by atoms with Crippen LogP contribution < -0.4 is 5.32 Å². The molecule has 0 aromatic heterocycles. The molecule has 0 bridgehead atoms. The van der Waals surface area contributed by atoms with Gasteiger partial charge in [0.1, 0.15) is 6.23 Å². The topological polar surface area (TPSA) is 24.5 Å². The molecule has 1 unspecified atom stereocenters. The predicted molar refractivity (Wildman–Crippen MR) is 63.9 cm³/mol. The Labute approximate surface area is 93.5 Å². The number of hydrogen-bond donors (Lipinski definition) is 1. The summed E-state index contributed by atoms with van der Waals surface area (Å²) in [6, 6.07) is 0. The van der Waals surface area contributed by atoms with Gasteiger partial charge in [0, 0.05) is 32.8 Å². The molecule has 3 nitrogen and oxygen atoms in total. The van der Waals surface area contributed by atoms with E-state index in [1.807, 2.05) is 6.08 Å². The molecule has 88 valence electrons. The molecule has 0 aromatic rings. The summed E-state index contributed by atoms with van der Waals surface area (Å²) in [7, 11) is 0. The fraction of sp³-hybridized carbons (Fsp3) is 0.833. The van der Waals surface area contributed by atoms with Gasteiger partial charge in [-0.15, -0.1) is 0 Å². The van der Waals surface area contributed by atoms with Crippen molar-refractivity contribution in [3.63, 3.8) is 0 Å². The van der Waals surface area contributed by atoms with Gasteiger partial charge in [-0.25, -0.2) is 0 Å². The van der Waals surface area contributed by atoms with Crippen LogP contribution in [-0.2, 0) is 4.74 Å². The normalized spacial score (nSPS) is 20.1. The van der Waals surface area contributed by atoms with Crippen molar-refractivity contribution in [1.29, 1.82) is 0 Å². The van der Waals surface area contributed by atoms with Crippen LogP contribution in [0.3, 0.4) is 0 Å². The van der Waals surface area contributed by atoms with Gasteiger partial charge in [-0.2, -0.15) is 0 Å². The summed E-state index contributed by atoms with van der Waals surface area (Å²) in [6.45, 7) is 11.1. The molecule has 15 heavy (non-hydrogen) atoms. The lowest BCUT2D eigenvalue weighted by atomic mass is 10.3. The zero-order chi connectivity index (χ0) is 10.9. The van der Waals surface area contributed by atoms with Gasteiger partial charge < -0.3 is 10.1 Å². The van der Waals surface area contributed by atoms with Crippen molar-refractivity contribution in [2.24, 2.45) is 0 Å². The van der Waals surface area contributed by atoms with Crippen molar-refractivity contribution in [3.8, 4) is 0 Å². The fourth-order valence-electron chi connectivity index (χ4n) is 1.82. The van der Waals surface area contributed by atoms with Gasteiger partial charge in [0.15, 0.2) is 0 Å². The van der Waals surface area contributed by atoms with Gasteiger partial charge in [0.25, 0.3) is 0 Å². The quantitative estimate of drug-likeness (QED) is 0.512. The van der Waals surface area contributed by atoms with E-state index in [1.54, 1.807) is 0 Å². The lowest BCUT2D eigenvalue weighted by molar-refractivity contribution is -0.0337. The molecule has 0 amide bonds. The molecule has 1 aliphatic rings. The minimum atomic E-state index is 0.115. The second-order valence-corrected chi connectivity index (χ2v) is 3.99. The third-order valence-electron chi connectivity index (χ3n) is 2.75. The van der Waals surface area contributed by atoms with Crippen molar-refractivity contribution >= 4 is 0 Å². The lowest BCUT2D eigenvalue weighted by Crippen LogP contribution is -2.48. The smallest absolute Gasteiger partial charge is 0.129 e. The molecule has 1 atom stereocenters. The monoisotopic (exact) mass is 212 g/mol. The molecule has 0 spiro atoms. The van der Waals surface area contributed by atoms with Gasteiger partial charge in [-0.1, -0.05) is 26.3 Å². The third-order valence-corrected chi connectivity index (χ3v) is 2.75. The van der Waals surface area contributed by atoms with Crippen LogP contribution in [0.5, 0.6) is 0 Å². The molecule has 1 rings (SSSR count). The molecule has 0 saturated carbocycles. The Bertz CT molecular complexity index is 167. The van der Waals surface area contributed by atoms with Crippen molar-refractivity contribution < 1.29 is 4.74 Å². The molecule has 1 N–H and O–H groups in total. The Morgan fingerprint density at radius 2 is 2.13 bits per heavy atom. The highest BCUT2D eigenvalue weighted by Crippen LogP contribution is 2.06. The highest BCUT2D eigenvalue weighted by atomic mass is 16.5. The molecule has 1 saturated heterocycles. The molecular formula is C12H24N2O. The second-order valence-electron chi connectivity index (χ2n) is 3.99. The Kier molecular flexibility index (Phi) is 6.64. The average molecular weight is 212 g/mol. The van der Waals surface area contributed by atoms with E-state index in [0.717, 1.165) is 39.2 Å². The number of piperazine rings is 1. The number of nitrogens with one attached hydrogen (secondary N) is 1. The first-order valence-corrected chi connectivity index (χ1v) is 6.07. The summed E-state index contributed by atoms with van der Waals surface area (Å²) in [5.41, 5.74) is 0. The molecule has 1 fully saturated rings. The zero-order valence-electron chi connectivity index (χ0n) is 9.87. The maximum atomic E-state index is 5.81. The molecule has 0 aliphatic carbocycles. The number of ether oxygens (including phenoxy) is 1. The van der Waals surface area contributed by atoms with Gasteiger partial charge in [0.2, 0.25) is 0 Å². The van der Waals surface area contributed by atoms with Crippen LogP contribution in [0.1, 0.15) is 26.2 Å². The third kappa shape index (κ3) is 4.78. The molecule has 0 aromatic carbocycles. The first kappa shape index (κ1) is 12.7. The van der Waals surface area contributed by atoms with E-state index in [-0.39, 0.29) is 6.23 Å². The summed E-state index contributed by atoms with van der Waals surface area (Å²) < 4.78 is 5.81. The van der Waals surface area contributed by atoms with E-state index in [0.29, 0.717) is 0 Å². The van der Waals surface area contributed by atoms with E-state index in [1.165, 1.54) is 12.8 Å². The standard InChI is InChI=1S/C12H24N2O/c1-3-5-6-11-15-12(4-2)14-9-7-13-8-10-14/h4,12-13H,2-3,5-11H2,1H3. The molecule has 3 heteroatoms. The van der Waals surface area contributed by atoms with E-state index in [4.69, 9.17) is 4.74 Å². The van der Waals surface area contributed by atoms with E-state index < -0.39 is 0 Å². The van der Waals surface area contributed by atoms with Crippen molar-refractivity contribution in [2.45, 2.75) is 32.4 Å². The first-order chi connectivity index (χ1) is 7.38. The zero-order valence-corrected chi connectivity index (χ0v) is 9.87. The van der Waals surface area contributed by atoms with Crippen molar-refractivity contribution in [1.82, 2.24) is 10.2 Å². The highest BCUT2D eigenvalue weighted by Gasteiger charge is 2.17. The van der Waals surface area contributed by atoms with E-state index >= 15 is 0 Å². The van der Waals surface area contributed by atoms with Gasteiger partial charge in [0.05, 0.1) is 0 Å². The van der Waals surface area contributed by atoms with Crippen LogP contribution in [-0.4, -0.2) is 43.9 Å². The number of nitrogens with zero attached hydrogens (tertiary/aromatic N) is 1. The van der Waals surface area contributed by atoms with Gasteiger partial charge in [-0.05, 0) is 12.5 Å². The molecule has 0 radical (unpaired) electrons. The molecule has 1 heterocycles. The maximum absolute atomic E-state index is 5.81. The summed E-state index contributed by atoms with van der Waals surface area (Å²) in [5, 5.41) is 3.34. The first-order valence-electron chi connectivity index (χ1n) is 6.07. The van der Waals surface area contributed by atoms with Crippen molar-refractivity contribution in [3.05, 3.63) is 12.7 Å². The minimum absolute atomic E-state index is 0.115. The number of rotatable bonds is 7. The van der Waals surface area contributed by atoms with Gasteiger partial charge >= 0.3 is 0 Å². The summed E-state index contributed by atoms with van der Waals surface area (Å²) >= 11 is 0. The lowest BCUT2D eigenvalue weighted by Gasteiger charge is -2.32. The largest absolute Gasteiger partial charge is 0.359 e. The Morgan fingerprint density at radius 3 is 2.73 bits per heavy atom. The van der Waals surface area contributed by atoms with Crippen LogP contribution in [0.4, 0.5) is 0 Å². The highest BCUT2D eigenvalue weighted by molar-refractivity contribution is 4.83. The summed E-state index contributed by atoms with van der Waals surface area (Å²) in [6.07, 6.45) is 5.69. The van der Waals surface area contributed by atoms with Crippen LogP contribution in [0.2, 0.25) is 0 Å². The molecule has 1 aliphatic heterocycles. The Balaban J connectivity index is 2.18. The second kappa shape index (κ2) is 7.85. The number of hydrogen-bond acceptors (Lipinski definition) is 3. The maximum Gasteiger partial charge on any atom is 0.129 e. The van der Waals surface area contributed by atoms with Gasteiger partial charge in [-0.3, -0.25) is 4.90 Å². The van der Waals surface area contributed by atoms with Crippen molar-refractivity contribution in [2.75, 3.05) is 32.8 Å².